The molecule has 1 aromatic rings. The molecule has 1 unspecified atom stereocenters. The van der Waals surface area contributed by atoms with E-state index >= 15 is 0 Å². The van der Waals surface area contributed by atoms with Gasteiger partial charge in [0.1, 0.15) is 0 Å². The van der Waals surface area contributed by atoms with Crippen molar-refractivity contribution in [3.63, 3.8) is 0 Å². The first-order chi connectivity index (χ1) is 7.75. The van der Waals surface area contributed by atoms with E-state index in [4.69, 9.17) is 0 Å². The average Bonchev–Trinajstić information content (AvgIpc) is 2.29. The van der Waals surface area contributed by atoms with Gasteiger partial charge in [-0.15, -0.1) is 0 Å². The summed E-state index contributed by atoms with van der Waals surface area (Å²) in [7, 11) is -2.54. The molecule has 0 aliphatic carbocycles. The van der Waals surface area contributed by atoms with Crippen LogP contribution in [0.3, 0.4) is 0 Å². The fourth-order valence-electron chi connectivity index (χ4n) is 1.87. The van der Waals surface area contributed by atoms with Crippen LogP contribution in [0.4, 0.5) is 0 Å². The second kappa shape index (κ2) is 7.65. The Kier molecular flexibility index (Phi) is 6.44. The number of aryl methyl sites for hydroxylation is 1. The lowest BCUT2D eigenvalue weighted by molar-refractivity contribution is 0.513. The molecule has 0 amide bonds. The molecule has 0 spiro atoms. The number of hydrogen-bond acceptors (Lipinski definition) is 1. The van der Waals surface area contributed by atoms with Crippen LogP contribution in [0.15, 0.2) is 24.3 Å². The van der Waals surface area contributed by atoms with Crippen molar-refractivity contribution >= 4 is 13.3 Å². The Labute approximate surface area is 98.6 Å². The maximum Gasteiger partial charge on any atom is 0.218 e. The van der Waals surface area contributed by atoms with Gasteiger partial charge in [0, 0.05) is 5.30 Å². The van der Waals surface area contributed by atoms with Crippen LogP contribution in [-0.2, 0) is 11.0 Å². The molecule has 0 aliphatic heterocycles. The van der Waals surface area contributed by atoms with E-state index in [0.717, 1.165) is 18.4 Å². The van der Waals surface area contributed by atoms with Crippen LogP contribution in [0.1, 0.15) is 44.6 Å². The van der Waals surface area contributed by atoms with Crippen LogP contribution in [0, 0.1) is 0 Å². The van der Waals surface area contributed by atoms with Crippen molar-refractivity contribution < 1.29 is 9.46 Å². The third-order valence-corrected chi connectivity index (χ3v) is 3.75. The quantitative estimate of drug-likeness (QED) is 0.586. The molecule has 1 aromatic carbocycles. The average molecular weight is 240 g/mol. The molecular formula is C13H21O2P. The molecule has 3 heteroatoms. The Balaban J connectivity index is 2.44. The molecule has 0 saturated carbocycles. The lowest BCUT2D eigenvalue weighted by Crippen LogP contribution is -2.04. The van der Waals surface area contributed by atoms with Crippen molar-refractivity contribution in [3.8, 4) is 0 Å². The molecule has 0 fully saturated rings. The lowest BCUT2D eigenvalue weighted by Gasteiger charge is -2.06. The van der Waals surface area contributed by atoms with Crippen LogP contribution in [0.5, 0.6) is 0 Å². The molecule has 2 nitrogen and oxygen atoms in total. The minimum atomic E-state index is -2.54. The first-order valence-corrected chi connectivity index (χ1v) is 7.42. The highest BCUT2D eigenvalue weighted by Gasteiger charge is 2.05. The summed E-state index contributed by atoms with van der Waals surface area (Å²) >= 11 is 0. The van der Waals surface area contributed by atoms with E-state index in [1.165, 1.54) is 25.7 Å². The number of hydrogen-bond donors (Lipinski definition) is 1. The molecule has 0 bridgehead atoms. The van der Waals surface area contributed by atoms with Crippen molar-refractivity contribution in [1.82, 2.24) is 0 Å². The second-order valence-electron chi connectivity index (χ2n) is 4.13. The minimum Gasteiger partial charge on any atom is -0.343 e. The Bertz CT molecular complexity index is 336. The molecule has 0 aliphatic rings. The summed E-state index contributed by atoms with van der Waals surface area (Å²) in [6, 6.07) is 7.50. The standard InChI is InChI=1S/C13H21O2P/c1-2-3-4-5-6-9-12-10-7-8-11-13(12)16(14)15/h7-8,10-11,16H,2-6,9H2,1H3,(H,14,15). The van der Waals surface area contributed by atoms with Crippen molar-refractivity contribution in [1.29, 1.82) is 0 Å². The van der Waals surface area contributed by atoms with Crippen LogP contribution >= 0.6 is 8.03 Å². The van der Waals surface area contributed by atoms with Gasteiger partial charge in [-0.25, -0.2) is 0 Å². The Hall–Kier alpha value is -0.590. The molecule has 0 heterocycles. The summed E-state index contributed by atoms with van der Waals surface area (Å²) < 4.78 is 11.1. The zero-order valence-corrected chi connectivity index (χ0v) is 10.9. The molecule has 0 radical (unpaired) electrons. The number of benzene rings is 1. The first-order valence-electron chi connectivity index (χ1n) is 6.07. The van der Waals surface area contributed by atoms with Gasteiger partial charge in [0.15, 0.2) is 0 Å². The van der Waals surface area contributed by atoms with E-state index in [2.05, 4.69) is 6.92 Å². The van der Waals surface area contributed by atoms with E-state index < -0.39 is 8.03 Å². The highest BCUT2D eigenvalue weighted by molar-refractivity contribution is 7.47. The molecule has 1 atom stereocenters. The van der Waals surface area contributed by atoms with Gasteiger partial charge in [-0.05, 0) is 24.5 Å². The van der Waals surface area contributed by atoms with Crippen LogP contribution < -0.4 is 5.30 Å². The van der Waals surface area contributed by atoms with E-state index in [1.807, 2.05) is 18.2 Å². The maximum atomic E-state index is 11.1. The van der Waals surface area contributed by atoms with E-state index in [1.54, 1.807) is 6.07 Å². The van der Waals surface area contributed by atoms with E-state index in [-0.39, 0.29) is 0 Å². The van der Waals surface area contributed by atoms with Gasteiger partial charge in [0.2, 0.25) is 8.03 Å². The molecular weight excluding hydrogens is 219 g/mol. The highest BCUT2D eigenvalue weighted by atomic mass is 31.1. The van der Waals surface area contributed by atoms with Crippen molar-refractivity contribution in [3.05, 3.63) is 29.8 Å². The summed E-state index contributed by atoms with van der Waals surface area (Å²) in [5.41, 5.74) is 1.05. The van der Waals surface area contributed by atoms with E-state index in [0.29, 0.717) is 5.30 Å². The van der Waals surface area contributed by atoms with Gasteiger partial charge in [-0.3, -0.25) is 4.57 Å². The SMILES string of the molecule is CCCCCCCc1ccccc1[PH](=O)O. The van der Waals surface area contributed by atoms with Crippen molar-refractivity contribution in [2.24, 2.45) is 0 Å². The zero-order chi connectivity index (χ0) is 11.8. The van der Waals surface area contributed by atoms with Crippen LogP contribution in [-0.4, -0.2) is 4.89 Å². The largest absolute Gasteiger partial charge is 0.343 e. The summed E-state index contributed by atoms with van der Waals surface area (Å²) in [5.74, 6) is 0. The van der Waals surface area contributed by atoms with Crippen molar-refractivity contribution in [2.75, 3.05) is 0 Å². The third kappa shape index (κ3) is 4.51. The Morgan fingerprint density at radius 1 is 1.12 bits per heavy atom. The van der Waals surface area contributed by atoms with Gasteiger partial charge in [0.25, 0.3) is 0 Å². The predicted octanol–water partition coefficient (Wildman–Crippen LogP) is 3.29. The fourth-order valence-corrected chi connectivity index (χ4v) is 2.59. The zero-order valence-electron chi connectivity index (χ0n) is 9.91. The topological polar surface area (TPSA) is 37.3 Å². The normalized spacial score (nSPS) is 12.6. The van der Waals surface area contributed by atoms with Gasteiger partial charge < -0.3 is 4.89 Å². The first kappa shape index (κ1) is 13.5. The molecule has 16 heavy (non-hydrogen) atoms. The van der Waals surface area contributed by atoms with Crippen LogP contribution in [0.25, 0.3) is 0 Å². The summed E-state index contributed by atoms with van der Waals surface area (Å²) in [6.45, 7) is 2.20. The predicted molar refractivity (Wildman–Crippen MR) is 69.8 cm³/mol. The third-order valence-electron chi connectivity index (χ3n) is 2.80. The molecule has 1 N–H and O–H groups in total. The molecule has 90 valence electrons. The number of unbranched alkanes of at least 4 members (excludes halogenated alkanes) is 4. The van der Waals surface area contributed by atoms with Gasteiger partial charge in [-0.2, -0.15) is 0 Å². The van der Waals surface area contributed by atoms with Gasteiger partial charge in [-0.1, -0.05) is 50.8 Å². The lowest BCUT2D eigenvalue weighted by atomic mass is 10.1. The summed E-state index contributed by atoms with van der Waals surface area (Å²) in [5, 5.41) is 0.642. The highest BCUT2D eigenvalue weighted by Crippen LogP contribution is 2.18. The molecule has 1 rings (SSSR count). The summed E-state index contributed by atoms with van der Waals surface area (Å²) in [6.07, 6.45) is 7.07. The Morgan fingerprint density at radius 3 is 2.50 bits per heavy atom. The van der Waals surface area contributed by atoms with Gasteiger partial charge >= 0.3 is 0 Å². The van der Waals surface area contributed by atoms with Gasteiger partial charge in [0.05, 0.1) is 0 Å². The van der Waals surface area contributed by atoms with Crippen molar-refractivity contribution in [2.45, 2.75) is 45.4 Å². The fraction of sp³-hybridized carbons (Fsp3) is 0.538. The van der Waals surface area contributed by atoms with Crippen LogP contribution in [0.2, 0.25) is 0 Å². The summed E-state index contributed by atoms with van der Waals surface area (Å²) in [4.78, 5) is 9.19. The Morgan fingerprint density at radius 2 is 1.81 bits per heavy atom. The monoisotopic (exact) mass is 240 g/mol. The number of rotatable bonds is 7. The molecule has 0 aromatic heterocycles. The smallest absolute Gasteiger partial charge is 0.218 e. The van der Waals surface area contributed by atoms with E-state index in [9.17, 15) is 9.46 Å². The second-order valence-corrected chi connectivity index (χ2v) is 5.28. The molecule has 0 saturated heterocycles. The minimum absolute atomic E-state index is 0.642. The maximum absolute atomic E-state index is 11.1.